The number of piperazine rings is 1. The predicted molar refractivity (Wildman–Crippen MR) is 114 cm³/mol. The molecule has 0 unspecified atom stereocenters. The van der Waals surface area contributed by atoms with Crippen molar-refractivity contribution in [3.63, 3.8) is 0 Å². The van der Waals surface area contributed by atoms with Crippen molar-refractivity contribution in [3.8, 4) is 5.75 Å². The predicted octanol–water partition coefficient (Wildman–Crippen LogP) is 1.99. The second-order valence-corrected chi connectivity index (χ2v) is 8.63. The van der Waals surface area contributed by atoms with Crippen LogP contribution in [-0.4, -0.2) is 69.9 Å². The number of benzene rings is 2. The molecule has 0 spiro atoms. The molecule has 164 valence electrons. The SMILES string of the molecule is COc1ccc(S(=O)(=O)N2CCN(CCNC(=O)c3cccc(F)c3)CC2)cc1.Cl. The van der Waals surface area contributed by atoms with E-state index in [9.17, 15) is 17.6 Å². The van der Waals surface area contributed by atoms with E-state index in [1.165, 1.54) is 29.6 Å². The van der Waals surface area contributed by atoms with Crippen LogP contribution in [0.2, 0.25) is 0 Å². The lowest BCUT2D eigenvalue weighted by Crippen LogP contribution is -2.50. The maximum absolute atomic E-state index is 13.2. The number of hydrogen-bond acceptors (Lipinski definition) is 5. The highest BCUT2D eigenvalue weighted by Gasteiger charge is 2.28. The quantitative estimate of drug-likeness (QED) is 0.688. The first-order chi connectivity index (χ1) is 13.9. The first kappa shape index (κ1) is 24.1. The molecule has 1 aliphatic heterocycles. The van der Waals surface area contributed by atoms with Crippen LogP contribution in [0.5, 0.6) is 5.75 Å². The molecule has 3 rings (SSSR count). The van der Waals surface area contributed by atoms with Crippen molar-refractivity contribution in [2.24, 2.45) is 0 Å². The molecule has 0 atom stereocenters. The molecule has 0 radical (unpaired) electrons. The van der Waals surface area contributed by atoms with Crippen LogP contribution >= 0.6 is 12.4 Å². The average Bonchev–Trinajstić information content (AvgIpc) is 2.74. The zero-order valence-corrected chi connectivity index (χ0v) is 18.2. The third-order valence-corrected chi connectivity index (χ3v) is 6.74. The van der Waals surface area contributed by atoms with Crippen molar-refractivity contribution in [3.05, 3.63) is 59.9 Å². The summed E-state index contributed by atoms with van der Waals surface area (Å²) in [6.07, 6.45) is 0. The van der Waals surface area contributed by atoms with Gasteiger partial charge in [-0.25, -0.2) is 12.8 Å². The number of sulfonamides is 1. The topological polar surface area (TPSA) is 79.0 Å². The van der Waals surface area contributed by atoms with Gasteiger partial charge in [0.15, 0.2) is 0 Å². The molecular formula is C20H25ClFN3O4S. The van der Waals surface area contributed by atoms with Gasteiger partial charge in [-0.3, -0.25) is 9.69 Å². The highest BCUT2D eigenvalue weighted by Crippen LogP contribution is 2.20. The Morgan fingerprint density at radius 1 is 1.10 bits per heavy atom. The molecule has 0 saturated carbocycles. The summed E-state index contributed by atoms with van der Waals surface area (Å²) >= 11 is 0. The van der Waals surface area contributed by atoms with Crippen LogP contribution in [0.1, 0.15) is 10.4 Å². The fraction of sp³-hybridized carbons (Fsp3) is 0.350. The monoisotopic (exact) mass is 457 g/mol. The Bertz CT molecular complexity index is 949. The van der Waals surface area contributed by atoms with E-state index < -0.39 is 15.8 Å². The summed E-state index contributed by atoms with van der Waals surface area (Å²) in [5.74, 6) is -0.175. The van der Waals surface area contributed by atoms with Crippen LogP contribution in [-0.2, 0) is 10.0 Å². The maximum Gasteiger partial charge on any atom is 0.251 e. The van der Waals surface area contributed by atoms with Crippen LogP contribution in [0.3, 0.4) is 0 Å². The fourth-order valence-electron chi connectivity index (χ4n) is 3.15. The normalized spacial score (nSPS) is 15.3. The van der Waals surface area contributed by atoms with Crippen LogP contribution < -0.4 is 10.1 Å². The van der Waals surface area contributed by atoms with Crippen LogP contribution in [0.25, 0.3) is 0 Å². The minimum absolute atomic E-state index is 0. The number of amides is 1. The smallest absolute Gasteiger partial charge is 0.251 e. The van der Waals surface area contributed by atoms with Gasteiger partial charge in [0.05, 0.1) is 12.0 Å². The summed E-state index contributed by atoms with van der Waals surface area (Å²) in [5.41, 5.74) is 0.278. The maximum atomic E-state index is 13.2. The van der Waals surface area contributed by atoms with Gasteiger partial charge in [0.25, 0.3) is 5.91 Å². The van der Waals surface area contributed by atoms with E-state index in [2.05, 4.69) is 10.2 Å². The van der Waals surface area contributed by atoms with Crippen molar-refractivity contribution >= 4 is 28.3 Å². The van der Waals surface area contributed by atoms with Crippen molar-refractivity contribution in [2.75, 3.05) is 46.4 Å². The molecule has 1 saturated heterocycles. The van der Waals surface area contributed by atoms with Crippen LogP contribution in [0.4, 0.5) is 4.39 Å². The number of rotatable bonds is 7. The number of carbonyl (C=O) groups excluding carboxylic acids is 1. The van der Waals surface area contributed by atoms with E-state index in [0.717, 1.165) is 0 Å². The number of methoxy groups -OCH3 is 1. The Kier molecular flexibility index (Phi) is 8.60. The minimum Gasteiger partial charge on any atom is -0.497 e. The zero-order valence-electron chi connectivity index (χ0n) is 16.6. The molecule has 0 aliphatic carbocycles. The van der Waals surface area contributed by atoms with E-state index >= 15 is 0 Å². The van der Waals surface area contributed by atoms with Gasteiger partial charge in [-0.2, -0.15) is 4.31 Å². The fourth-order valence-corrected chi connectivity index (χ4v) is 4.57. The van der Waals surface area contributed by atoms with Crippen molar-refractivity contribution in [1.82, 2.24) is 14.5 Å². The van der Waals surface area contributed by atoms with Crippen LogP contribution in [0, 0.1) is 5.82 Å². The number of carbonyl (C=O) groups is 1. The molecule has 1 heterocycles. The summed E-state index contributed by atoms with van der Waals surface area (Å²) < 4.78 is 45.2. The van der Waals surface area contributed by atoms with Gasteiger partial charge in [-0.05, 0) is 42.5 Å². The highest BCUT2D eigenvalue weighted by atomic mass is 35.5. The summed E-state index contributed by atoms with van der Waals surface area (Å²) in [6, 6.07) is 11.9. The zero-order chi connectivity index (χ0) is 20.9. The van der Waals surface area contributed by atoms with Gasteiger partial charge >= 0.3 is 0 Å². The standard InChI is InChI=1S/C20H24FN3O4S.ClH/c1-28-18-5-7-19(8-6-18)29(26,27)24-13-11-23(12-14-24)10-9-22-20(25)16-3-2-4-17(21)15-16;/h2-8,15H,9-14H2,1H3,(H,22,25);1H. The third kappa shape index (κ3) is 5.91. The molecule has 2 aromatic carbocycles. The molecule has 0 aromatic heterocycles. The number of hydrogen-bond donors (Lipinski definition) is 1. The van der Waals surface area contributed by atoms with Gasteiger partial charge in [0, 0.05) is 44.8 Å². The Morgan fingerprint density at radius 2 is 1.77 bits per heavy atom. The van der Waals surface area contributed by atoms with Crippen molar-refractivity contribution < 1.29 is 22.3 Å². The van der Waals surface area contributed by atoms with E-state index in [1.54, 1.807) is 30.3 Å². The summed E-state index contributed by atoms with van der Waals surface area (Å²) in [7, 11) is -2.01. The van der Waals surface area contributed by atoms with E-state index in [1.807, 2.05) is 0 Å². The van der Waals surface area contributed by atoms with Crippen molar-refractivity contribution in [2.45, 2.75) is 4.90 Å². The molecule has 7 nitrogen and oxygen atoms in total. The van der Waals surface area contributed by atoms with Crippen molar-refractivity contribution in [1.29, 1.82) is 0 Å². The number of nitrogens with one attached hydrogen (secondary N) is 1. The van der Waals surface area contributed by atoms with E-state index in [4.69, 9.17) is 4.74 Å². The summed E-state index contributed by atoms with van der Waals surface area (Å²) in [6.45, 7) is 2.91. The van der Waals surface area contributed by atoms with Gasteiger partial charge in [0.1, 0.15) is 11.6 Å². The average molecular weight is 458 g/mol. The molecule has 1 N–H and O–H groups in total. The second kappa shape index (κ2) is 10.7. The highest BCUT2D eigenvalue weighted by molar-refractivity contribution is 7.89. The lowest BCUT2D eigenvalue weighted by atomic mass is 10.2. The second-order valence-electron chi connectivity index (χ2n) is 6.69. The summed E-state index contributed by atoms with van der Waals surface area (Å²) in [5, 5.41) is 2.76. The summed E-state index contributed by atoms with van der Waals surface area (Å²) in [4.78, 5) is 14.4. The largest absolute Gasteiger partial charge is 0.497 e. The number of halogens is 2. The molecule has 10 heteroatoms. The first-order valence-electron chi connectivity index (χ1n) is 9.30. The van der Waals surface area contributed by atoms with E-state index in [0.29, 0.717) is 45.0 Å². The molecule has 30 heavy (non-hydrogen) atoms. The Morgan fingerprint density at radius 3 is 2.37 bits per heavy atom. The first-order valence-corrected chi connectivity index (χ1v) is 10.7. The molecule has 1 aliphatic rings. The number of ether oxygens (including phenoxy) is 1. The molecule has 0 bridgehead atoms. The third-order valence-electron chi connectivity index (χ3n) is 4.83. The van der Waals surface area contributed by atoms with Gasteiger partial charge in [0.2, 0.25) is 10.0 Å². The van der Waals surface area contributed by atoms with Gasteiger partial charge in [-0.15, -0.1) is 12.4 Å². The van der Waals surface area contributed by atoms with Gasteiger partial charge < -0.3 is 10.1 Å². The number of nitrogens with zero attached hydrogens (tertiary/aromatic N) is 2. The lowest BCUT2D eigenvalue weighted by Gasteiger charge is -2.34. The minimum atomic E-state index is -3.54. The molecule has 1 fully saturated rings. The molecule has 2 aromatic rings. The Labute approximate surface area is 182 Å². The lowest BCUT2D eigenvalue weighted by molar-refractivity contribution is 0.0944. The van der Waals surface area contributed by atoms with Crippen LogP contribution in [0.15, 0.2) is 53.4 Å². The van der Waals surface area contributed by atoms with Gasteiger partial charge in [-0.1, -0.05) is 6.07 Å². The molecule has 1 amide bonds. The Hall–Kier alpha value is -2.20. The molecular weight excluding hydrogens is 433 g/mol. The Balaban J connectivity index is 0.00000320. The van der Waals surface area contributed by atoms with E-state index in [-0.39, 0.29) is 28.8 Å².